The maximum Gasteiger partial charge on any atom is 0.301 e. The third-order valence-electron chi connectivity index (χ3n) is 3.25. The van der Waals surface area contributed by atoms with Crippen molar-refractivity contribution in [2.24, 2.45) is 5.92 Å². The van der Waals surface area contributed by atoms with Gasteiger partial charge in [0.2, 0.25) is 0 Å². The average molecular weight is 459 g/mol. The van der Waals surface area contributed by atoms with Crippen molar-refractivity contribution in [2.75, 3.05) is 17.8 Å². The van der Waals surface area contributed by atoms with Crippen LogP contribution < -0.4 is 4.72 Å². The van der Waals surface area contributed by atoms with Crippen LogP contribution in [0.4, 0.5) is 5.69 Å². The quantitative estimate of drug-likeness (QED) is 0.705. The first kappa shape index (κ1) is 15.5. The van der Waals surface area contributed by atoms with Gasteiger partial charge in [-0.15, -0.1) is 0 Å². The van der Waals surface area contributed by atoms with Crippen LogP contribution in [0.1, 0.15) is 19.8 Å². The number of piperidine rings is 1. The van der Waals surface area contributed by atoms with Gasteiger partial charge in [-0.2, -0.15) is 12.7 Å². The molecule has 0 aliphatic carbocycles. The van der Waals surface area contributed by atoms with Crippen LogP contribution in [-0.4, -0.2) is 25.8 Å². The molecule has 2 rings (SSSR count). The first-order valence-electron chi connectivity index (χ1n) is 6.11. The van der Waals surface area contributed by atoms with Crippen LogP contribution in [0.15, 0.2) is 22.7 Å². The lowest BCUT2D eigenvalue weighted by molar-refractivity contribution is 0.289. The Hall–Kier alpha value is 0.140. The first-order chi connectivity index (χ1) is 8.88. The molecule has 4 nitrogen and oxygen atoms in total. The molecular formula is C12H16BrIN2O2S. The van der Waals surface area contributed by atoms with E-state index in [2.05, 4.69) is 50.2 Å². The zero-order valence-electron chi connectivity index (χ0n) is 10.6. The van der Waals surface area contributed by atoms with Gasteiger partial charge in [0.1, 0.15) is 0 Å². The number of nitrogens with zero attached hydrogens (tertiary/aromatic N) is 1. The predicted octanol–water partition coefficient (Wildman–Crippen LogP) is 3.44. The summed E-state index contributed by atoms with van der Waals surface area (Å²) >= 11 is 5.53. The molecule has 1 aliphatic rings. The Morgan fingerprint density at radius 1 is 1.37 bits per heavy atom. The fourth-order valence-electron chi connectivity index (χ4n) is 2.00. The zero-order valence-corrected chi connectivity index (χ0v) is 15.1. The van der Waals surface area contributed by atoms with Crippen molar-refractivity contribution < 1.29 is 8.42 Å². The summed E-state index contributed by atoms with van der Waals surface area (Å²) in [4.78, 5) is 0. The van der Waals surface area contributed by atoms with Crippen molar-refractivity contribution in [3.05, 3.63) is 26.2 Å². The Kier molecular flexibility index (Phi) is 5.13. The van der Waals surface area contributed by atoms with E-state index in [0.717, 1.165) is 20.9 Å². The van der Waals surface area contributed by atoms with E-state index in [1.165, 1.54) is 4.31 Å². The molecule has 0 atom stereocenters. The van der Waals surface area contributed by atoms with E-state index in [9.17, 15) is 8.42 Å². The molecular weight excluding hydrogens is 443 g/mol. The molecule has 0 radical (unpaired) electrons. The zero-order chi connectivity index (χ0) is 14.0. The Balaban J connectivity index is 2.15. The average Bonchev–Trinajstić information content (AvgIpc) is 2.34. The van der Waals surface area contributed by atoms with Crippen LogP contribution in [0.25, 0.3) is 0 Å². The molecule has 1 aromatic rings. The van der Waals surface area contributed by atoms with Crippen LogP contribution in [0.2, 0.25) is 0 Å². The lowest BCUT2D eigenvalue weighted by Crippen LogP contribution is -2.41. The standard InChI is InChI=1S/C12H16BrIN2O2S/c1-9-4-6-16(7-5-9)19(17,18)15-12-8-10(14)2-3-11(12)13/h2-3,8-9,15H,4-7H2,1H3. The van der Waals surface area contributed by atoms with Crippen molar-refractivity contribution in [3.8, 4) is 0 Å². The molecule has 0 bridgehead atoms. The molecule has 1 N–H and O–H groups in total. The van der Waals surface area contributed by atoms with Gasteiger partial charge in [-0.25, -0.2) is 0 Å². The van der Waals surface area contributed by atoms with E-state index in [1.807, 2.05) is 18.2 Å². The van der Waals surface area contributed by atoms with E-state index >= 15 is 0 Å². The van der Waals surface area contributed by atoms with Crippen molar-refractivity contribution >= 4 is 54.4 Å². The van der Waals surface area contributed by atoms with E-state index in [-0.39, 0.29) is 0 Å². The Bertz CT molecular complexity index is 557. The molecule has 19 heavy (non-hydrogen) atoms. The van der Waals surface area contributed by atoms with Gasteiger partial charge in [-0.05, 0) is 75.5 Å². The van der Waals surface area contributed by atoms with Crippen LogP contribution in [0, 0.1) is 9.49 Å². The van der Waals surface area contributed by atoms with E-state index in [0.29, 0.717) is 24.7 Å². The molecule has 0 aromatic heterocycles. The number of rotatable bonds is 3. The van der Waals surface area contributed by atoms with E-state index < -0.39 is 10.2 Å². The van der Waals surface area contributed by atoms with Gasteiger partial charge in [0.25, 0.3) is 0 Å². The van der Waals surface area contributed by atoms with Gasteiger partial charge >= 0.3 is 10.2 Å². The monoisotopic (exact) mass is 458 g/mol. The number of anilines is 1. The molecule has 1 fully saturated rings. The summed E-state index contributed by atoms with van der Waals surface area (Å²) < 4.78 is 30.6. The maximum absolute atomic E-state index is 12.3. The molecule has 106 valence electrons. The molecule has 1 aliphatic heterocycles. The molecule has 7 heteroatoms. The Labute approximate surface area is 136 Å². The minimum absolute atomic E-state index is 0.588. The molecule has 0 amide bonds. The Morgan fingerprint density at radius 3 is 2.63 bits per heavy atom. The largest absolute Gasteiger partial charge is 0.301 e. The van der Waals surface area contributed by atoms with E-state index in [4.69, 9.17) is 0 Å². The molecule has 1 aromatic carbocycles. The molecule has 1 heterocycles. The van der Waals surface area contributed by atoms with Crippen LogP contribution in [0.5, 0.6) is 0 Å². The van der Waals surface area contributed by atoms with Gasteiger partial charge in [0, 0.05) is 21.1 Å². The second-order valence-electron chi connectivity index (χ2n) is 4.81. The highest BCUT2D eigenvalue weighted by atomic mass is 127. The number of halogens is 2. The molecule has 0 saturated carbocycles. The third kappa shape index (κ3) is 4.05. The van der Waals surface area contributed by atoms with Gasteiger partial charge in [-0.1, -0.05) is 6.92 Å². The lowest BCUT2D eigenvalue weighted by Gasteiger charge is -2.29. The van der Waals surface area contributed by atoms with Gasteiger partial charge in [0.15, 0.2) is 0 Å². The second kappa shape index (κ2) is 6.28. The topological polar surface area (TPSA) is 49.4 Å². The smallest absolute Gasteiger partial charge is 0.270 e. The van der Waals surface area contributed by atoms with Crippen molar-refractivity contribution in [1.82, 2.24) is 4.31 Å². The first-order valence-corrected chi connectivity index (χ1v) is 9.42. The highest BCUT2D eigenvalue weighted by Gasteiger charge is 2.26. The highest BCUT2D eigenvalue weighted by Crippen LogP contribution is 2.27. The summed E-state index contributed by atoms with van der Waals surface area (Å²) in [5.74, 6) is 0.607. The van der Waals surface area contributed by atoms with Crippen molar-refractivity contribution in [1.29, 1.82) is 0 Å². The third-order valence-corrected chi connectivity index (χ3v) is 6.14. The summed E-state index contributed by atoms with van der Waals surface area (Å²) in [6.45, 7) is 3.35. The predicted molar refractivity (Wildman–Crippen MR) is 89.4 cm³/mol. The van der Waals surface area contributed by atoms with E-state index in [1.54, 1.807) is 0 Å². The molecule has 1 saturated heterocycles. The fourth-order valence-corrected chi connectivity index (χ4v) is 4.24. The number of benzene rings is 1. The van der Waals surface area contributed by atoms with Crippen LogP contribution in [0.3, 0.4) is 0 Å². The summed E-state index contributed by atoms with van der Waals surface area (Å²) in [6.07, 6.45) is 1.85. The summed E-state index contributed by atoms with van der Waals surface area (Å²) in [7, 11) is -3.45. The van der Waals surface area contributed by atoms with Gasteiger partial charge < -0.3 is 0 Å². The number of nitrogens with one attached hydrogen (secondary N) is 1. The summed E-state index contributed by atoms with van der Waals surface area (Å²) in [5, 5.41) is 0. The molecule has 0 unspecified atom stereocenters. The van der Waals surface area contributed by atoms with Gasteiger partial charge in [0.05, 0.1) is 5.69 Å². The fraction of sp³-hybridized carbons (Fsp3) is 0.500. The molecule has 0 spiro atoms. The highest BCUT2D eigenvalue weighted by molar-refractivity contribution is 14.1. The number of hydrogen-bond acceptors (Lipinski definition) is 2. The van der Waals surface area contributed by atoms with Gasteiger partial charge in [-0.3, -0.25) is 4.72 Å². The summed E-state index contributed by atoms with van der Waals surface area (Å²) in [5.41, 5.74) is 0.588. The van der Waals surface area contributed by atoms with Crippen LogP contribution in [-0.2, 0) is 10.2 Å². The SMILES string of the molecule is CC1CCN(S(=O)(=O)Nc2cc(I)ccc2Br)CC1. The van der Waals surface area contributed by atoms with Crippen LogP contribution >= 0.6 is 38.5 Å². The normalized spacial score (nSPS) is 18.5. The lowest BCUT2D eigenvalue weighted by atomic mass is 10.0. The summed E-state index contributed by atoms with van der Waals surface area (Å²) in [6, 6.07) is 5.58. The second-order valence-corrected chi connectivity index (χ2v) is 8.58. The minimum Gasteiger partial charge on any atom is -0.270 e. The van der Waals surface area contributed by atoms with Crippen molar-refractivity contribution in [2.45, 2.75) is 19.8 Å². The number of hydrogen-bond donors (Lipinski definition) is 1. The minimum atomic E-state index is -3.45. The Morgan fingerprint density at radius 2 is 2.00 bits per heavy atom. The maximum atomic E-state index is 12.3. The van der Waals surface area contributed by atoms with Crippen molar-refractivity contribution in [3.63, 3.8) is 0 Å².